The predicted molar refractivity (Wildman–Crippen MR) is 91.5 cm³/mol. The van der Waals surface area contributed by atoms with Gasteiger partial charge in [0, 0.05) is 27.1 Å². The summed E-state index contributed by atoms with van der Waals surface area (Å²) in [5.74, 6) is -1.86. The number of aromatic nitrogens is 1. The van der Waals surface area contributed by atoms with Crippen LogP contribution in [0.5, 0.6) is 0 Å². The summed E-state index contributed by atoms with van der Waals surface area (Å²) in [5, 5.41) is 3.39. The largest absolute Gasteiger partial charge is 0.452 e. The Bertz CT molecular complexity index is 1080. The van der Waals surface area contributed by atoms with Gasteiger partial charge in [-0.2, -0.15) is 13.2 Å². The van der Waals surface area contributed by atoms with Gasteiger partial charge in [-0.25, -0.2) is 12.8 Å². The van der Waals surface area contributed by atoms with Crippen molar-refractivity contribution in [3.63, 3.8) is 0 Å². The third kappa shape index (κ3) is 3.83. The molecule has 144 valence electrons. The number of hydrogen-bond donors (Lipinski definition) is 1. The van der Waals surface area contributed by atoms with Crippen molar-refractivity contribution in [2.75, 3.05) is 4.72 Å². The van der Waals surface area contributed by atoms with Gasteiger partial charge in [-0.05, 0) is 38.1 Å². The maximum absolute atomic E-state index is 13.0. The van der Waals surface area contributed by atoms with Crippen molar-refractivity contribution >= 4 is 27.0 Å². The Hall–Kier alpha value is -2.40. The van der Waals surface area contributed by atoms with Crippen LogP contribution in [0.3, 0.4) is 0 Å². The Morgan fingerprint density at radius 2 is 1.74 bits per heavy atom. The molecule has 0 atom stereocenters. The zero-order valence-corrected chi connectivity index (χ0v) is 15.5. The number of aryl methyl sites for hydroxylation is 2. The summed E-state index contributed by atoms with van der Waals surface area (Å²) >= 11 is 1.11. The van der Waals surface area contributed by atoms with E-state index in [1.165, 1.54) is 19.1 Å². The van der Waals surface area contributed by atoms with Crippen molar-refractivity contribution in [1.29, 1.82) is 0 Å². The van der Waals surface area contributed by atoms with Crippen molar-refractivity contribution in [2.24, 2.45) is 0 Å². The van der Waals surface area contributed by atoms with Crippen LogP contribution in [0, 0.1) is 19.7 Å². The second kappa shape index (κ2) is 6.64. The summed E-state index contributed by atoms with van der Waals surface area (Å²) in [4.78, 5) is 0.638. The smallest absolute Gasteiger partial charge is 0.351 e. The minimum absolute atomic E-state index is 0.0337. The molecule has 0 saturated carbocycles. The average Bonchev–Trinajstić information content (AvgIpc) is 3.13. The van der Waals surface area contributed by atoms with E-state index in [4.69, 9.17) is 0 Å². The van der Waals surface area contributed by atoms with E-state index in [1.807, 2.05) is 0 Å². The number of sulfonamides is 1. The van der Waals surface area contributed by atoms with Crippen LogP contribution in [-0.2, 0) is 16.2 Å². The molecule has 3 rings (SSSR count). The lowest BCUT2D eigenvalue weighted by Gasteiger charge is -2.10. The third-order valence-electron chi connectivity index (χ3n) is 3.62. The van der Waals surface area contributed by atoms with Crippen LogP contribution in [0.2, 0.25) is 0 Å². The molecule has 0 amide bonds. The summed E-state index contributed by atoms with van der Waals surface area (Å²) in [5.41, 5.74) is -0.0863. The maximum Gasteiger partial charge on any atom is 0.452 e. The van der Waals surface area contributed by atoms with Crippen LogP contribution in [0.15, 0.2) is 39.8 Å². The lowest BCUT2D eigenvalue weighted by Crippen LogP contribution is -2.14. The molecule has 2 heterocycles. The van der Waals surface area contributed by atoms with E-state index in [0.29, 0.717) is 15.8 Å². The van der Waals surface area contributed by atoms with Crippen LogP contribution in [-0.4, -0.2) is 13.6 Å². The fraction of sp³-hybridized carbons (Fsp3) is 0.188. The lowest BCUT2D eigenvalue weighted by molar-refractivity contribution is -0.155. The fourth-order valence-electron chi connectivity index (χ4n) is 2.53. The molecule has 0 unspecified atom stereocenters. The summed E-state index contributed by atoms with van der Waals surface area (Å²) in [6.07, 6.45) is -4.74. The van der Waals surface area contributed by atoms with E-state index in [9.17, 15) is 26.0 Å². The lowest BCUT2D eigenvalue weighted by atomic mass is 10.1. The summed E-state index contributed by atoms with van der Waals surface area (Å²) < 4.78 is 83.7. The van der Waals surface area contributed by atoms with Gasteiger partial charge >= 0.3 is 6.18 Å². The van der Waals surface area contributed by atoms with E-state index in [0.717, 1.165) is 23.5 Å². The number of benzene rings is 1. The zero-order chi connectivity index (χ0) is 20.0. The number of alkyl halides is 3. The van der Waals surface area contributed by atoms with Gasteiger partial charge in [0.15, 0.2) is 0 Å². The molecule has 3 aromatic rings. The Morgan fingerprint density at radius 1 is 1.11 bits per heavy atom. The molecule has 11 heteroatoms. The van der Waals surface area contributed by atoms with Crippen LogP contribution in [0.4, 0.5) is 23.2 Å². The molecule has 27 heavy (non-hydrogen) atoms. The van der Waals surface area contributed by atoms with Crippen LogP contribution >= 0.6 is 11.3 Å². The highest BCUT2D eigenvalue weighted by Gasteiger charge is 2.37. The SMILES string of the molecule is Cc1sc(C)c(S(=O)(=O)Nc2ccc(F)cc2)c1-c1cc(C(F)(F)F)on1. The number of halogens is 4. The zero-order valence-electron chi connectivity index (χ0n) is 13.9. The number of nitrogens with one attached hydrogen (secondary N) is 1. The molecule has 0 aliphatic heterocycles. The monoisotopic (exact) mass is 420 g/mol. The van der Waals surface area contributed by atoms with Gasteiger partial charge in [0.1, 0.15) is 16.4 Å². The van der Waals surface area contributed by atoms with Crippen molar-refractivity contribution in [3.8, 4) is 11.3 Å². The van der Waals surface area contributed by atoms with Gasteiger partial charge < -0.3 is 4.52 Å². The molecule has 0 saturated heterocycles. The summed E-state index contributed by atoms with van der Waals surface area (Å²) in [7, 11) is -4.17. The highest BCUT2D eigenvalue weighted by molar-refractivity contribution is 7.93. The van der Waals surface area contributed by atoms with E-state index < -0.39 is 27.8 Å². The molecule has 2 aromatic heterocycles. The molecule has 0 spiro atoms. The Kier molecular flexibility index (Phi) is 4.76. The first-order valence-corrected chi connectivity index (χ1v) is 9.71. The Balaban J connectivity index is 2.08. The van der Waals surface area contributed by atoms with Crippen LogP contribution < -0.4 is 4.72 Å². The van der Waals surface area contributed by atoms with E-state index in [-0.39, 0.29) is 21.8 Å². The number of rotatable bonds is 4. The topological polar surface area (TPSA) is 72.2 Å². The molecule has 0 fully saturated rings. The first-order chi connectivity index (χ1) is 12.5. The van der Waals surface area contributed by atoms with Gasteiger partial charge in [0.25, 0.3) is 10.0 Å². The van der Waals surface area contributed by atoms with E-state index >= 15 is 0 Å². The quantitative estimate of drug-likeness (QED) is 0.605. The van der Waals surface area contributed by atoms with Crippen molar-refractivity contribution in [3.05, 3.63) is 51.7 Å². The molecule has 0 aliphatic carbocycles. The summed E-state index contributed by atoms with van der Waals surface area (Å²) in [6.45, 7) is 3.11. The Morgan fingerprint density at radius 3 is 2.30 bits per heavy atom. The minimum atomic E-state index is -4.74. The molecule has 0 aliphatic rings. The van der Waals surface area contributed by atoms with E-state index in [1.54, 1.807) is 6.92 Å². The Labute approximate surface area is 155 Å². The normalized spacial score (nSPS) is 12.4. The molecular weight excluding hydrogens is 408 g/mol. The van der Waals surface area contributed by atoms with Crippen molar-refractivity contribution < 1.29 is 30.5 Å². The predicted octanol–water partition coefficient (Wildman–Crippen LogP) is 4.98. The minimum Gasteiger partial charge on any atom is -0.351 e. The first-order valence-electron chi connectivity index (χ1n) is 7.41. The second-order valence-corrected chi connectivity index (χ2v) is 8.65. The van der Waals surface area contributed by atoms with Gasteiger partial charge in [0.2, 0.25) is 5.76 Å². The van der Waals surface area contributed by atoms with Gasteiger partial charge in [-0.15, -0.1) is 11.3 Å². The standard InChI is InChI=1S/C16H12F4N2O3S2/c1-8-14(12-7-13(25-21-12)16(18,19)20)15(9(2)26-8)27(23,24)22-11-5-3-10(17)4-6-11/h3-7,22H,1-2H3. The second-order valence-electron chi connectivity index (χ2n) is 5.61. The van der Waals surface area contributed by atoms with E-state index in [2.05, 4.69) is 14.4 Å². The third-order valence-corrected chi connectivity index (χ3v) is 6.32. The molecule has 0 radical (unpaired) electrons. The maximum atomic E-state index is 13.0. The molecule has 5 nitrogen and oxygen atoms in total. The van der Waals surface area contributed by atoms with Crippen LogP contribution in [0.1, 0.15) is 15.5 Å². The molecule has 0 bridgehead atoms. The molecular formula is C16H12F4N2O3S2. The van der Waals surface area contributed by atoms with Crippen LogP contribution in [0.25, 0.3) is 11.3 Å². The first kappa shape index (κ1) is 19.4. The fourth-order valence-corrected chi connectivity index (χ4v) is 5.47. The highest BCUT2D eigenvalue weighted by Crippen LogP contribution is 2.41. The molecule has 1 N–H and O–H groups in total. The number of hydrogen-bond acceptors (Lipinski definition) is 5. The van der Waals surface area contributed by atoms with Crippen molar-refractivity contribution in [2.45, 2.75) is 24.9 Å². The number of nitrogens with zero attached hydrogens (tertiary/aromatic N) is 1. The van der Waals surface area contributed by atoms with Gasteiger partial charge in [-0.3, -0.25) is 4.72 Å². The molecule has 1 aromatic carbocycles. The number of anilines is 1. The average molecular weight is 420 g/mol. The number of thiophene rings is 1. The summed E-state index contributed by atoms with van der Waals surface area (Å²) in [6, 6.07) is 5.29. The van der Waals surface area contributed by atoms with Gasteiger partial charge in [0.05, 0.1) is 0 Å². The van der Waals surface area contributed by atoms with Crippen molar-refractivity contribution in [1.82, 2.24) is 5.16 Å². The highest BCUT2D eigenvalue weighted by atomic mass is 32.2. The van der Waals surface area contributed by atoms with Gasteiger partial charge in [-0.1, -0.05) is 5.16 Å².